The van der Waals surface area contributed by atoms with Crippen LogP contribution in [0, 0.1) is 0 Å². The molecule has 1 unspecified atom stereocenters. The number of imidazole rings is 1. The smallest absolute Gasteiger partial charge is 0.327 e. The van der Waals surface area contributed by atoms with Crippen molar-refractivity contribution in [2.75, 3.05) is 19.6 Å². The molecule has 2 saturated heterocycles. The average Bonchev–Trinajstić information content (AvgIpc) is 3.30. The van der Waals surface area contributed by atoms with Crippen LogP contribution in [0.1, 0.15) is 31.5 Å². The summed E-state index contributed by atoms with van der Waals surface area (Å²) < 4.78 is 0. The Morgan fingerprint density at radius 2 is 2.12 bits per heavy atom. The molecule has 25 heavy (non-hydrogen) atoms. The van der Waals surface area contributed by atoms with E-state index in [1.54, 1.807) is 4.90 Å². The predicted molar refractivity (Wildman–Crippen MR) is 93.9 cm³/mol. The SMILES string of the molecule is O=C1C2CCCN2C(=O)N1CCCCNCc1nc2ccccc2[nH]1. The molecule has 0 aliphatic carbocycles. The van der Waals surface area contributed by atoms with Crippen molar-refractivity contribution in [1.29, 1.82) is 0 Å². The molecule has 7 nitrogen and oxygen atoms in total. The van der Waals surface area contributed by atoms with Gasteiger partial charge in [0.15, 0.2) is 0 Å². The van der Waals surface area contributed by atoms with Gasteiger partial charge in [-0.3, -0.25) is 9.69 Å². The number of imide groups is 1. The lowest BCUT2D eigenvalue weighted by molar-refractivity contribution is -0.128. The van der Waals surface area contributed by atoms with Crippen molar-refractivity contribution in [2.24, 2.45) is 0 Å². The number of aromatic nitrogens is 2. The largest absolute Gasteiger partial charge is 0.341 e. The number of urea groups is 1. The second kappa shape index (κ2) is 6.84. The molecule has 4 rings (SSSR count). The normalized spacial score (nSPS) is 20.1. The fourth-order valence-corrected chi connectivity index (χ4v) is 3.70. The Morgan fingerprint density at radius 3 is 2.96 bits per heavy atom. The Kier molecular flexibility index (Phi) is 4.40. The third-order valence-electron chi connectivity index (χ3n) is 5.00. The Labute approximate surface area is 146 Å². The number of aromatic amines is 1. The topological polar surface area (TPSA) is 81.3 Å². The van der Waals surface area contributed by atoms with Gasteiger partial charge in [0.1, 0.15) is 11.9 Å². The molecule has 7 heteroatoms. The minimum atomic E-state index is -0.182. The molecule has 0 radical (unpaired) electrons. The van der Waals surface area contributed by atoms with Gasteiger partial charge >= 0.3 is 6.03 Å². The number of hydrogen-bond donors (Lipinski definition) is 2. The summed E-state index contributed by atoms with van der Waals surface area (Å²) in [5, 5.41) is 3.36. The number of fused-ring (bicyclic) bond motifs is 2. The summed E-state index contributed by atoms with van der Waals surface area (Å²) >= 11 is 0. The van der Waals surface area contributed by atoms with E-state index in [-0.39, 0.29) is 18.0 Å². The maximum atomic E-state index is 12.2. The van der Waals surface area contributed by atoms with Crippen molar-refractivity contribution in [2.45, 2.75) is 38.3 Å². The number of hydrogen-bond acceptors (Lipinski definition) is 4. The van der Waals surface area contributed by atoms with Gasteiger partial charge in [0.05, 0.1) is 17.6 Å². The number of unbranched alkanes of at least 4 members (excludes halogenated alkanes) is 1. The third kappa shape index (κ3) is 3.11. The minimum Gasteiger partial charge on any atom is -0.341 e. The molecule has 1 aromatic carbocycles. The van der Waals surface area contributed by atoms with Crippen LogP contribution in [0.15, 0.2) is 24.3 Å². The van der Waals surface area contributed by atoms with Crippen molar-refractivity contribution >= 4 is 23.0 Å². The highest BCUT2D eigenvalue weighted by molar-refractivity contribution is 6.04. The third-order valence-corrected chi connectivity index (χ3v) is 5.00. The molecule has 2 N–H and O–H groups in total. The molecule has 0 bridgehead atoms. The molecule has 132 valence electrons. The summed E-state index contributed by atoms with van der Waals surface area (Å²) in [6.07, 6.45) is 3.51. The number of amides is 3. The standard InChI is InChI=1S/C18H23N5O2/c24-17-15-8-5-11-22(15)18(25)23(17)10-4-3-9-19-12-16-20-13-6-1-2-7-14(13)21-16/h1-2,6-7,15,19H,3-5,8-12H2,(H,20,21). The van der Waals surface area contributed by atoms with Gasteiger partial charge in [0.2, 0.25) is 0 Å². The van der Waals surface area contributed by atoms with E-state index in [2.05, 4.69) is 15.3 Å². The van der Waals surface area contributed by atoms with E-state index in [0.29, 0.717) is 13.1 Å². The van der Waals surface area contributed by atoms with Crippen molar-refractivity contribution in [3.05, 3.63) is 30.1 Å². The Balaban J connectivity index is 1.18. The number of para-hydroxylation sites is 2. The average molecular weight is 341 g/mol. The second-order valence-electron chi connectivity index (χ2n) is 6.71. The van der Waals surface area contributed by atoms with Crippen LogP contribution >= 0.6 is 0 Å². The van der Waals surface area contributed by atoms with Crippen LogP contribution in [0.3, 0.4) is 0 Å². The molecule has 0 spiro atoms. The van der Waals surface area contributed by atoms with Crippen LogP contribution < -0.4 is 5.32 Å². The zero-order valence-electron chi connectivity index (χ0n) is 14.2. The van der Waals surface area contributed by atoms with Crippen molar-refractivity contribution in [3.63, 3.8) is 0 Å². The van der Waals surface area contributed by atoms with E-state index in [9.17, 15) is 9.59 Å². The number of nitrogens with zero attached hydrogens (tertiary/aromatic N) is 3. The number of carbonyl (C=O) groups is 2. The van der Waals surface area contributed by atoms with Gasteiger partial charge in [-0.2, -0.15) is 0 Å². The van der Waals surface area contributed by atoms with E-state index in [4.69, 9.17) is 0 Å². The Bertz CT molecular complexity index is 732. The monoisotopic (exact) mass is 341 g/mol. The number of rotatable bonds is 7. The quantitative estimate of drug-likeness (QED) is 0.595. The summed E-state index contributed by atoms with van der Waals surface area (Å²) in [6, 6.07) is 7.70. The van der Waals surface area contributed by atoms with Crippen LogP contribution in [-0.2, 0) is 11.3 Å². The molecule has 2 fully saturated rings. The number of H-pyrrole nitrogens is 1. The Morgan fingerprint density at radius 1 is 1.24 bits per heavy atom. The summed E-state index contributed by atoms with van der Waals surface area (Å²) in [4.78, 5) is 35.4. The fourth-order valence-electron chi connectivity index (χ4n) is 3.70. The number of carbonyl (C=O) groups excluding carboxylic acids is 2. The van der Waals surface area contributed by atoms with Crippen molar-refractivity contribution in [1.82, 2.24) is 25.1 Å². The molecular weight excluding hydrogens is 318 g/mol. The second-order valence-corrected chi connectivity index (χ2v) is 6.71. The first kappa shape index (κ1) is 16.1. The van der Waals surface area contributed by atoms with E-state index in [0.717, 1.165) is 55.6 Å². The molecule has 1 atom stereocenters. The van der Waals surface area contributed by atoms with E-state index in [1.807, 2.05) is 24.3 Å². The molecule has 2 aromatic rings. The van der Waals surface area contributed by atoms with Gasteiger partial charge in [-0.25, -0.2) is 9.78 Å². The van der Waals surface area contributed by atoms with Gasteiger partial charge in [0.25, 0.3) is 5.91 Å². The zero-order chi connectivity index (χ0) is 17.2. The molecule has 3 heterocycles. The molecular formula is C18H23N5O2. The van der Waals surface area contributed by atoms with Crippen molar-refractivity contribution in [3.8, 4) is 0 Å². The van der Waals surface area contributed by atoms with Gasteiger partial charge in [-0.05, 0) is 44.4 Å². The number of nitrogens with one attached hydrogen (secondary N) is 2. The van der Waals surface area contributed by atoms with Gasteiger partial charge in [-0.1, -0.05) is 12.1 Å². The van der Waals surface area contributed by atoms with E-state index in [1.165, 1.54) is 4.90 Å². The first-order valence-electron chi connectivity index (χ1n) is 9.00. The highest BCUT2D eigenvalue weighted by atomic mass is 16.2. The van der Waals surface area contributed by atoms with Gasteiger partial charge < -0.3 is 15.2 Å². The summed E-state index contributed by atoms with van der Waals surface area (Å²) in [7, 11) is 0. The van der Waals surface area contributed by atoms with Gasteiger partial charge in [0, 0.05) is 13.1 Å². The fraction of sp³-hybridized carbons (Fsp3) is 0.500. The molecule has 1 aromatic heterocycles. The molecule has 2 aliphatic rings. The maximum absolute atomic E-state index is 12.2. The first-order chi connectivity index (χ1) is 12.2. The highest BCUT2D eigenvalue weighted by Gasteiger charge is 2.46. The van der Waals surface area contributed by atoms with Crippen molar-refractivity contribution < 1.29 is 9.59 Å². The van der Waals surface area contributed by atoms with Gasteiger partial charge in [-0.15, -0.1) is 0 Å². The summed E-state index contributed by atoms with van der Waals surface area (Å²) in [5.41, 5.74) is 2.02. The van der Waals surface area contributed by atoms with Crippen LogP contribution in [-0.4, -0.2) is 57.4 Å². The first-order valence-corrected chi connectivity index (χ1v) is 9.00. The lowest BCUT2D eigenvalue weighted by Crippen LogP contribution is -2.34. The lowest BCUT2D eigenvalue weighted by atomic mass is 10.2. The summed E-state index contributed by atoms with van der Waals surface area (Å²) in [6.45, 7) is 2.77. The zero-order valence-corrected chi connectivity index (χ0v) is 14.2. The van der Waals surface area contributed by atoms with Crippen LogP contribution in [0.4, 0.5) is 4.79 Å². The van der Waals surface area contributed by atoms with Crippen LogP contribution in [0.2, 0.25) is 0 Å². The molecule has 0 saturated carbocycles. The molecule has 3 amide bonds. The summed E-state index contributed by atoms with van der Waals surface area (Å²) in [5.74, 6) is 0.921. The minimum absolute atomic E-state index is 0.00210. The lowest BCUT2D eigenvalue weighted by Gasteiger charge is -2.15. The Hall–Kier alpha value is -2.41. The van der Waals surface area contributed by atoms with Crippen LogP contribution in [0.25, 0.3) is 11.0 Å². The van der Waals surface area contributed by atoms with Crippen LogP contribution in [0.5, 0.6) is 0 Å². The predicted octanol–water partition coefficient (Wildman–Crippen LogP) is 1.86. The molecule has 2 aliphatic heterocycles. The number of benzene rings is 1. The maximum Gasteiger partial charge on any atom is 0.327 e. The van der Waals surface area contributed by atoms with E-state index >= 15 is 0 Å². The highest BCUT2D eigenvalue weighted by Crippen LogP contribution is 2.27. The van der Waals surface area contributed by atoms with E-state index < -0.39 is 0 Å².